The van der Waals surface area contributed by atoms with Crippen LogP contribution in [0.4, 0.5) is 5.69 Å². The van der Waals surface area contributed by atoms with Crippen LogP contribution < -0.4 is 16.6 Å². The van der Waals surface area contributed by atoms with Crippen LogP contribution >= 0.6 is 0 Å². The van der Waals surface area contributed by atoms with Gasteiger partial charge in [-0.05, 0) is 24.3 Å². The van der Waals surface area contributed by atoms with Gasteiger partial charge in [0.2, 0.25) is 0 Å². The van der Waals surface area contributed by atoms with Crippen LogP contribution in [0.25, 0.3) is 0 Å². The number of nitrogen functional groups attached to an aromatic ring is 1. The van der Waals surface area contributed by atoms with Gasteiger partial charge in [-0.1, -0.05) is 0 Å². The molecule has 0 bridgehead atoms. The van der Waals surface area contributed by atoms with Crippen molar-refractivity contribution in [3.8, 4) is 0 Å². The van der Waals surface area contributed by atoms with E-state index in [4.69, 9.17) is 5.84 Å². The molecule has 1 rings (SSSR count). The molecule has 12 heavy (non-hydrogen) atoms. The maximum Gasteiger partial charge on any atom is 0.265 e. The number of anilines is 1. The second-order valence-electron chi connectivity index (χ2n) is 2.30. The maximum absolute atomic E-state index is 11.0. The van der Waals surface area contributed by atoms with Crippen LogP contribution in [-0.4, -0.2) is 13.0 Å². The third-order valence-electron chi connectivity index (χ3n) is 1.57. The zero-order chi connectivity index (χ0) is 8.97. The number of amides is 1. The standard InChI is InChI=1S/C8H11N3O/c1-10-7-4-2-6(3-5-7)8(12)11-9/h2-5,10H,9H2,1H3,(H,11,12). The molecular formula is C8H11N3O. The molecular weight excluding hydrogens is 154 g/mol. The summed E-state index contributed by atoms with van der Waals surface area (Å²) in [7, 11) is 1.82. The number of benzene rings is 1. The second kappa shape index (κ2) is 3.73. The van der Waals surface area contributed by atoms with E-state index in [-0.39, 0.29) is 5.91 Å². The number of carbonyl (C=O) groups is 1. The Bertz CT molecular complexity index is 268. The first-order chi connectivity index (χ1) is 5.77. The van der Waals surface area contributed by atoms with Crippen molar-refractivity contribution in [3.05, 3.63) is 29.8 Å². The summed E-state index contributed by atoms with van der Waals surface area (Å²) in [4.78, 5) is 11.0. The van der Waals surface area contributed by atoms with Crippen LogP contribution in [0.5, 0.6) is 0 Å². The number of hydrogen-bond donors (Lipinski definition) is 3. The van der Waals surface area contributed by atoms with E-state index < -0.39 is 0 Å². The molecule has 0 fully saturated rings. The van der Waals surface area contributed by atoms with Crippen LogP contribution in [0.3, 0.4) is 0 Å². The van der Waals surface area contributed by atoms with E-state index in [2.05, 4.69) is 10.7 Å². The lowest BCUT2D eigenvalue weighted by Gasteiger charge is -2.01. The van der Waals surface area contributed by atoms with Crippen LogP contribution in [0.15, 0.2) is 24.3 Å². The number of nitrogens with two attached hydrogens (primary N) is 1. The Morgan fingerprint density at radius 3 is 2.33 bits per heavy atom. The van der Waals surface area contributed by atoms with Gasteiger partial charge in [-0.2, -0.15) is 0 Å². The number of rotatable bonds is 2. The molecule has 64 valence electrons. The van der Waals surface area contributed by atoms with Crippen LogP contribution in [-0.2, 0) is 0 Å². The molecule has 4 N–H and O–H groups in total. The lowest BCUT2D eigenvalue weighted by molar-refractivity contribution is 0.0953. The van der Waals surface area contributed by atoms with E-state index in [0.29, 0.717) is 5.56 Å². The Labute approximate surface area is 70.7 Å². The fourth-order valence-corrected chi connectivity index (χ4v) is 0.872. The Morgan fingerprint density at radius 2 is 1.92 bits per heavy atom. The molecule has 0 radical (unpaired) electrons. The quantitative estimate of drug-likeness (QED) is 0.336. The molecule has 0 aromatic heterocycles. The van der Waals surface area contributed by atoms with E-state index in [0.717, 1.165) is 5.69 Å². The highest BCUT2D eigenvalue weighted by molar-refractivity contribution is 5.94. The van der Waals surface area contributed by atoms with Crippen molar-refractivity contribution in [3.63, 3.8) is 0 Å². The molecule has 1 aromatic carbocycles. The monoisotopic (exact) mass is 165 g/mol. The first-order valence-corrected chi connectivity index (χ1v) is 3.56. The molecule has 0 aliphatic carbocycles. The molecule has 0 saturated carbocycles. The molecule has 1 amide bonds. The minimum absolute atomic E-state index is 0.280. The van der Waals surface area contributed by atoms with Crippen molar-refractivity contribution < 1.29 is 4.79 Å². The molecule has 4 nitrogen and oxygen atoms in total. The number of carbonyl (C=O) groups excluding carboxylic acids is 1. The molecule has 4 heteroatoms. The molecule has 0 heterocycles. The predicted octanol–water partition coefficient (Wildman–Crippen LogP) is 0.332. The zero-order valence-electron chi connectivity index (χ0n) is 6.79. The molecule has 0 unspecified atom stereocenters. The van der Waals surface area contributed by atoms with Crippen molar-refractivity contribution in [2.45, 2.75) is 0 Å². The summed E-state index contributed by atoms with van der Waals surface area (Å²) < 4.78 is 0. The highest BCUT2D eigenvalue weighted by atomic mass is 16.2. The summed E-state index contributed by atoms with van der Waals surface area (Å²) in [5, 5.41) is 2.95. The largest absolute Gasteiger partial charge is 0.388 e. The summed E-state index contributed by atoms with van der Waals surface area (Å²) in [5.41, 5.74) is 3.57. The molecule has 0 atom stereocenters. The molecule has 0 aliphatic heterocycles. The molecule has 0 aliphatic rings. The van der Waals surface area contributed by atoms with Gasteiger partial charge in [0.1, 0.15) is 0 Å². The van der Waals surface area contributed by atoms with Gasteiger partial charge in [0, 0.05) is 18.3 Å². The van der Waals surface area contributed by atoms with Gasteiger partial charge in [0.25, 0.3) is 5.91 Å². The van der Waals surface area contributed by atoms with Gasteiger partial charge in [0.05, 0.1) is 0 Å². The van der Waals surface area contributed by atoms with Gasteiger partial charge in [-0.15, -0.1) is 0 Å². The van der Waals surface area contributed by atoms with E-state index in [1.165, 1.54) is 0 Å². The minimum atomic E-state index is -0.280. The topological polar surface area (TPSA) is 67.2 Å². The van der Waals surface area contributed by atoms with Gasteiger partial charge >= 0.3 is 0 Å². The average molecular weight is 165 g/mol. The highest BCUT2D eigenvalue weighted by Gasteiger charge is 2.00. The third kappa shape index (κ3) is 1.73. The van der Waals surface area contributed by atoms with Crippen molar-refractivity contribution >= 4 is 11.6 Å². The normalized spacial score (nSPS) is 9.17. The van der Waals surface area contributed by atoms with Crippen LogP contribution in [0.1, 0.15) is 10.4 Å². The van der Waals surface area contributed by atoms with E-state index in [9.17, 15) is 4.79 Å². The van der Waals surface area contributed by atoms with Crippen molar-refractivity contribution in [1.29, 1.82) is 0 Å². The first-order valence-electron chi connectivity index (χ1n) is 3.56. The fourth-order valence-electron chi connectivity index (χ4n) is 0.872. The van der Waals surface area contributed by atoms with Crippen LogP contribution in [0.2, 0.25) is 0 Å². The van der Waals surface area contributed by atoms with Gasteiger partial charge in [-0.25, -0.2) is 5.84 Å². The predicted molar refractivity (Wildman–Crippen MR) is 47.6 cm³/mol. The maximum atomic E-state index is 11.0. The van der Waals surface area contributed by atoms with E-state index >= 15 is 0 Å². The first kappa shape index (κ1) is 8.55. The van der Waals surface area contributed by atoms with Crippen molar-refractivity contribution in [1.82, 2.24) is 5.43 Å². The molecule has 0 saturated heterocycles. The van der Waals surface area contributed by atoms with Gasteiger partial charge in [0.15, 0.2) is 0 Å². The average Bonchev–Trinajstić information content (AvgIpc) is 2.17. The fraction of sp³-hybridized carbons (Fsp3) is 0.125. The summed E-state index contributed by atoms with van der Waals surface area (Å²) in [5.74, 6) is 4.68. The summed E-state index contributed by atoms with van der Waals surface area (Å²) in [6.45, 7) is 0. The van der Waals surface area contributed by atoms with Gasteiger partial charge in [-0.3, -0.25) is 10.2 Å². The molecule has 0 spiro atoms. The lowest BCUT2D eigenvalue weighted by Crippen LogP contribution is -2.29. The van der Waals surface area contributed by atoms with E-state index in [1.54, 1.807) is 12.1 Å². The summed E-state index contributed by atoms with van der Waals surface area (Å²) in [6, 6.07) is 7.02. The van der Waals surface area contributed by atoms with Crippen LogP contribution in [0, 0.1) is 0 Å². The lowest BCUT2D eigenvalue weighted by atomic mass is 10.2. The van der Waals surface area contributed by atoms with Gasteiger partial charge < -0.3 is 5.32 Å². The Kier molecular flexibility index (Phi) is 2.66. The van der Waals surface area contributed by atoms with Crippen molar-refractivity contribution in [2.75, 3.05) is 12.4 Å². The Morgan fingerprint density at radius 1 is 1.33 bits per heavy atom. The minimum Gasteiger partial charge on any atom is -0.388 e. The zero-order valence-corrected chi connectivity index (χ0v) is 6.79. The molecule has 1 aromatic rings. The SMILES string of the molecule is CNc1ccc(C(=O)NN)cc1. The summed E-state index contributed by atoms with van der Waals surface area (Å²) >= 11 is 0. The highest BCUT2D eigenvalue weighted by Crippen LogP contribution is 2.07. The number of hydrazine groups is 1. The summed E-state index contributed by atoms with van der Waals surface area (Å²) in [6.07, 6.45) is 0. The van der Waals surface area contributed by atoms with E-state index in [1.807, 2.05) is 19.2 Å². The number of hydrogen-bond acceptors (Lipinski definition) is 3. The van der Waals surface area contributed by atoms with Crippen molar-refractivity contribution in [2.24, 2.45) is 5.84 Å². The Balaban J connectivity index is 2.84. The Hall–Kier alpha value is -1.55. The second-order valence-corrected chi connectivity index (χ2v) is 2.30. The number of nitrogens with one attached hydrogen (secondary N) is 2. The smallest absolute Gasteiger partial charge is 0.265 e. The third-order valence-corrected chi connectivity index (χ3v) is 1.57.